The smallest absolute Gasteiger partial charge is 0.0541 e. The minimum atomic E-state index is 1.04. The van der Waals surface area contributed by atoms with Crippen molar-refractivity contribution in [1.29, 1.82) is 0 Å². The molecule has 0 unspecified atom stereocenters. The maximum absolute atomic E-state index is 2.42. The highest BCUT2D eigenvalue weighted by molar-refractivity contribution is 7.18. The number of thiophene rings is 1. The summed E-state index contributed by atoms with van der Waals surface area (Å²) in [5, 5.41) is 3.81. The first kappa shape index (κ1) is 63.4. The first-order valence-electron chi connectivity index (χ1n) is 36.4. The molecule has 0 spiro atoms. The van der Waals surface area contributed by atoms with Crippen LogP contribution in [0.1, 0.15) is 17.7 Å². The molecular formula is C100H71N5S. The quantitative estimate of drug-likeness (QED) is 0.0906. The molecular weight excluding hydrogens is 1300 g/mol. The van der Waals surface area contributed by atoms with Gasteiger partial charge >= 0.3 is 0 Å². The average molecular weight is 1370 g/mol. The molecule has 0 aliphatic heterocycles. The number of aromatic nitrogens is 2. The van der Waals surface area contributed by atoms with E-state index in [4.69, 9.17) is 0 Å². The van der Waals surface area contributed by atoms with E-state index in [1.54, 1.807) is 0 Å². The molecule has 3 heterocycles. The van der Waals surface area contributed by atoms with Gasteiger partial charge in [-0.3, -0.25) is 0 Å². The Morgan fingerprint density at radius 2 is 0.528 bits per heavy atom. The molecule has 0 fully saturated rings. The van der Waals surface area contributed by atoms with Gasteiger partial charge in [-0.25, -0.2) is 0 Å². The summed E-state index contributed by atoms with van der Waals surface area (Å²) in [5.74, 6) is 0. The molecule has 0 amide bonds. The second-order valence-electron chi connectivity index (χ2n) is 27.2. The lowest BCUT2D eigenvalue weighted by atomic mass is 9.97. The fourth-order valence-corrected chi connectivity index (χ4v) is 16.6. The maximum atomic E-state index is 2.42. The number of para-hydroxylation sites is 5. The molecule has 0 N–H and O–H groups in total. The van der Waals surface area contributed by atoms with E-state index in [9.17, 15) is 0 Å². The van der Waals surface area contributed by atoms with E-state index in [0.29, 0.717) is 0 Å². The van der Waals surface area contributed by atoms with Gasteiger partial charge in [0.15, 0.2) is 0 Å². The monoisotopic (exact) mass is 1370 g/mol. The van der Waals surface area contributed by atoms with Crippen LogP contribution in [0.3, 0.4) is 0 Å². The minimum Gasteiger partial charge on any atom is -0.311 e. The third kappa shape index (κ3) is 12.0. The molecule has 5 nitrogen and oxygen atoms in total. The summed E-state index contributed by atoms with van der Waals surface area (Å²) in [6, 6.07) is 144. The number of rotatable bonds is 17. The molecule has 0 saturated heterocycles. The van der Waals surface area contributed by atoms with Crippen LogP contribution >= 0.6 is 11.3 Å². The summed E-state index contributed by atoms with van der Waals surface area (Å²) < 4.78 is 4.79. The summed E-state index contributed by atoms with van der Waals surface area (Å²) in [7, 11) is 0. The number of hydrogen-bond donors (Lipinski definition) is 0. The second-order valence-corrected chi connectivity index (χ2v) is 28.2. The first-order chi connectivity index (χ1) is 52.5. The molecule has 0 radical (unpaired) electrons. The fourth-order valence-electron chi connectivity index (χ4n) is 15.6. The number of benzene rings is 15. The summed E-state index contributed by atoms with van der Waals surface area (Å²) in [4.78, 5) is 9.56. The van der Waals surface area contributed by atoms with E-state index in [1.807, 2.05) is 11.3 Å². The normalized spacial score (nSPS) is 11.8. The van der Waals surface area contributed by atoms with Crippen molar-refractivity contribution < 1.29 is 0 Å². The summed E-state index contributed by atoms with van der Waals surface area (Å²) in [6.07, 6.45) is 6.71. The van der Waals surface area contributed by atoms with Crippen LogP contribution in [0.15, 0.2) is 400 Å². The molecule has 0 saturated carbocycles. The van der Waals surface area contributed by atoms with E-state index in [0.717, 1.165) is 92.0 Å². The lowest BCUT2D eigenvalue weighted by Crippen LogP contribution is -2.10. The van der Waals surface area contributed by atoms with E-state index in [1.165, 1.54) is 92.8 Å². The Bertz CT molecular complexity index is 6170. The van der Waals surface area contributed by atoms with Crippen molar-refractivity contribution in [1.82, 2.24) is 9.13 Å². The highest BCUT2D eigenvalue weighted by atomic mass is 32.1. The van der Waals surface area contributed by atoms with Gasteiger partial charge in [-0.2, -0.15) is 0 Å². The first-order valence-corrected chi connectivity index (χ1v) is 37.2. The van der Waals surface area contributed by atoms with Gasteiger partial charge < -0.3 is 23.8 Å². The predicted octanol–water partition coefficient (Wildman–Crippen LogP) is 28.2. The Hall–Kier alpha value is -13.5. The largest absolute Gasteiger partial charge is 0.311 e. The van der Waals surface area contributed by atoms with Crippen molar-refractivity contribution in [2.75, 3.05) is 14.7 Å². The number of nitrogens with zero attached hydrogens (tertiary/aromatic N) is 5. The van der Waals surface area contributed by atoms with Crippen LogP contribution in [-0.4, -0.2) is 9.13 Å². The zero-order valence-corrected chi connectivity index (χ0v) is 59.1. The van der Waals surface area contributed by atoms with E-state index >= 15 is 0 Å². The van der Waals surface area contributed by atoms with Crippen LogP contribution in [-0.2, 0) is 6.42 Å². The minimum absolute atomic E-state index is 1.04. The van der Waals surface area contributed by atoms with Crippen molar-refractivity contribution in [3.8, 4) is 76.8 Å². The molecule has 19 rings (SSSR count). The van der Waals surface area contributed by atoms with Gasteiger partial charge in [0.1, 0.15) is 0 Å². The molecule has 106 heavy (non-hydrogen) atoms. The van der Waals surface area contributed by atoms with Crippen LogP contribution in [0.5, 0.6) is 0 Å². The number of fused-ring (bicyclic) bond motifs is 6. The van der Waals surface area contributed by atoms with Gasteiger partial charge in [0.05, 0.1) is 16.6 Å². The Morgan fingerprint density at radius 1 is 0.226 bits per heavy atom. The zero-order valence-electron chi connectivity index (χ0n) is 58.2. The van der Waals surface area contributed by atoms with Gasteiger partial charge in [-0.05, 0) is 256 Å². The van der Waals surface area contributed by atoms with Crippen molar-refractivity contribution in [3.05, 3.63) is 412 Å². The summed E-state index contributed by atoms with van der Waals surface area (Å²) in [5.41, 5.74) is 30.2. The molecule has 0 atom stereocenters. The number of anilines is 9. The lowest BCUT2D eigenvalue weighted by molar-refractivity contribution is 0.967. The Balaban J connectivity index is 0.599. The van der Waals surface area contributed by atoms with Crippen molar-refractivity contribution in [2.24, 2.45) is 0 Å². The number of allylic oxidation sites excluding steroid dienone is 1. The molecule has 1 aliphatic rings. The topological polar surface area (TPSA) is 19.6 Å². The second kappa shape index (κ2) is 27.7. The standard InChI is InChI=1S/C100H71N5S/c1-6-20-76(21-7-1)99-66-67-100(106-99)77-46-62-90(63-47-77)103(88-54-38-72(39-55-88)70-34-50-84(51-35-70)101(80-22-8-2-9-23-80)86-58-42-74(43-59-86)78-48-64-97-93(68-78)91-30-16-18-32-95(91)104(97)82-26-12-4-13-27-82)89-56-40-73(41-57-89)71-36-52-85(53-37-71)102(81-24-10-3-11-25-81)87-60-44-75(45-61-87)79-49-65-98-94(69-79)92-31-17-19-33-96(92)105(98)83-28-14-5-15-29-83/h1-16,18-30,32-69H,17,31H2. The summed E-state index contributed by atoms with van der Waals surface area (Å²) >= 11 is 1.83. The Morgan fingerprint density at radius 3 is 0.953 bits per heavy atom. The van der Waals surface area contributed by atoms with E-state index < -0.39 is 0 Å². The van der Waals surface area contributed by atoms with Crippen molar-refractivity contribution >= 4 is 101 Å². The fraction of sp³-hybridized carbons (Fsp3) is 0.0200. The van der Waals surface area contributed by atoms with Crippen molar-refractivity contribution in [3.63, 3.8) is 0 Å². The zero-order chi connectivity index (χ0) is 70.3. The molecule has 18 aromatic rings. The predicted molar refractivity (Wildman–Crippen MR) is 450 cm³/mol. The molecule has 1 aliphatic carbocycles. The molecule has 15 aromatic carbocycles. The highest BCUT2D eigenvalue weighted by Gasteiger charge is 2.23. The van der Waals surface area contributed by atoms with Crippen LogP contribution in [0, 0.1) is 0 Å². The van der Waals surface area contributed by atoms with Crippen LogP contribution in [0.25, 0.3) is 116 Å². The van der Waals surface area contributed by atoms with Gasteiger partial charge in [0, 0.05) is 94.2 Å². The SMILES string of the molecule is C1=Cc2c(c3cc(-c4ccc(N(c5ccccc5)c5ccc(-c6ccc(N(c7ccc(-c8ccc(N(c9ccccc9)c9ccc(-c%10ccc%11c(c%10)c%10ccccc%10n%11-c%10ccccc%10)cc9)cc8)cc7)c7ccc(-c8ccc(-c9ccccc9)s8)cc7)cc6)cc5)cc4)ccc3n2-c2ccccc2)CC1. The third-order valence-electron chi connectivity index (χ3n) is 20.8. The maximum Gasteiger partial charge on any atom is 0.0541 e. The van der Waals surface area contributed by atoms with Gasteiger partial charge in [0.2, 0.25) is 0 Å². The lowest BCUT2D eigenvalue weighted by Gasteiger charge is -2.27. The van der Waals surface area contributed by atoms with Crippen LogP contribution < -0.4 is 14.7 Å². The van der Waals surface area contributed by atoms with E-state index in [2.05, 4.69) is 430 Å². The third-order valence-corrected chi connectivity index (χ3v) is 22.0. The summed E-state index contributed by atoms with van der Waals surface area (Å²) in [6.45, 7) is 0. The number of hydrogen-bond acceptors (Lipinski definition) is 4. The Kier molecular flexibility index (Phi) is 16.6. The van der Waals surface area contributed by atoms with E-state index in [-0.39, 0.29) is 0 Å². The van der Waals surface area contributed by atoms with Gasteiger partial charge in [0.25, 0.3) is 0 Å². The Labute approximate surface area is 622 Å². The van der Waals surface area contributed by atoms with Crippen molar-refractivity contribution in [2.45, 2.75) is 12.8 Å². The van der Waals surface area contributed by atoms with Crippen LogP contribution in [0.4, 0.5) is 51.2 Å². The molecule has 3 aromatic heterocycles. The van der Waals surface area contributed by atoms with Gasteiger partial charge in [-0.15, -0.1) is 11.3 Å². The highest BCUT2D eigenvalue weighted by Crippen LogP contribution is 2.45. The van der Waals surface area contributed by atoms with Crippen LogP contribution in [0.2, 0.25) is 0 Å². The molecule has 502 valence electrons. The molecule has 0 bridgehead atoms. The average Bonchev–Trinajstić information content (AvgIpc) is 1.61. The number of aryl methyl sites for hydroxylation is 1. The van der Waals surface area contributed by atoms with Gasteiger partial charge in [-0.1, -0.05) is 224 Å². The molecule has 6 heteroatoms.